The summed E-state index contributed by atoms with van der Waals surface area (Å²) in [4.78, 5) is 8.21. The summed E-state index contributed by atoms with van der Waals surface area (Å²) in [5, 5.41) is 3.83. The average molecular weight is 244 g/mol. The molecule has 0 amide bonds. The van der Waals surface area contributed by atoms with Crippen LogP contribution in [0.2, 0.25) is 5.02 Å². The molecular formula is C10H14ClN3S. The summed E-state index contributed by atoms with van der Waals surface area (Å²) in [5.41, 5.74) is 0. The van der Waals surface area contributed by atoms with Crippen molar-refractivity contribution < 1.29 is 0 Å². The van der Waals surface area contributed by atoms with Crippen LogP contribution in [0.15, 0.2) is 12.4 Å². The van der Waals surface area contributed by atoms with Crippen LogP contribution in [0.5, 0.6) is 0 Å². The molecule has 0 aromatic carbocycles. The summed E-state index contributed by atoms with van der Waals surface area (Å²) in [6, 6.07) is 0. The van der Waals surface area contributed by atoms with Crippen LogP contribution in [-0.4, -0.2) is 28.0 Å². The topological polar surface area (TPSA) is 37.8 Å². The van der Waals surface area contributed by atoms with Gasteiger partial charge in [-0.25, -0.2) is 9.97 Å². The van der Waals surface area contributed by atoms with Crippen molar-refractivity contribution >= 4 is 29.3 Å². The predicted octanol–water partition coefficient (Wildman–Crippen LogP) is 2.69. The Balaban J connectivity index is 1.79. The molecule has 0 atom stereocenters. The normalized spacial score (nSPS) is 17.7. The first-order chi connectivity index (χ1) is 7.34. The first kappa shape index (κ1) is 11.0. The van der Waals surface area contributed by atoms with Crippen LogP contribution in [0.3, 0.4) is 0 Å². The third-order valence-electron chi connectivity index (χ3n) is 2.51. The molecule has 1 aromatic heterocycles. The number of hydrogen-bond acceptors (Lipinski definition) is 4. The fourth-order valence-electron chi connectivity index (χ4n) is 1.59. The van der Waals surface area contributed by atoms with Gasteiger partial charge < -0.3 is 5.32 Å². The third kappa shape index (κ3) is 3.54. The van der Waals surface area contributed by atoms with Crippen molar-refractivity contribution in [3.05, 3.63) is 17.4 Å². The Morgan fingerprint density at radius 2 is 2.00 bits per heavy atom. The molecule has 1 saturated heterocycles. The molecule has 15 heavy (non-hydrogen) atoms. The zero-order valence-corrected chi connectivity index (χ0v) is 10.0. The van der Waals surface area contributed by atoms with Crippen LogP contribution in [0.25, 0.3) is 0 Å². The molecule has 3 nitrogen and oxygen atoms in total. The van der Waals surface area contributed by atoms with Crippen molar-refractivity contribution in [2.45, 2.75) is 12.8 Å². The number of nitrogens with one attached hydrogen (secondary N) is 1. The van der Waals surface area contributed by atoms with Gasteiger partial charge in [-0.15, -0.1) is 0 Å². The predicted molar refractivity (Wildman–Crippen MR) is 65.6 cm³/mol. The van der Waals surface area contributed by atoms with Gasteiger partial charge >= 0.3 is 0 Å². The summed E-state index contributed by atoms with van der Waals surface area (Å²) in [6.45, 7) is 0.974. The summed E-state index contributed by atoms with van der Waals surface area (Å²) in [5.74, 6) is 4.02. The van der Waals surface area contributed by atoms with Gasteiger partial charge in [0.25, 0.3) is 0 Å². The summed E-state index contributed by atoms with van der Waals surface area (Å²) in [7, 11) is 0. The number of halogens is 1. The van der Waals surface area contributed by atoms with Gasteiger partial charge in [-0.1, -0.05) is 11.6 Å². The number of nitrogens with zero attached hydrogens (tertiary/aromatic N) is 2. The largest absolute Gasteiger partial charge is 0.354 e. The highest BCUT2D eigenvalue weighted by Crippen LogP contribution is 2.22. The Labute approximate surface area is 99.0 Å². The van der Waals surface area contributed by atoms with Gasteiger partial charge in [-0.2, -0.15) is 11.8 Å². The van der Waals surface area contributed by atoms with Gasteiger partial charge in [-0.3, -0.25) is 0 Å². The number of thioether (sulfide) groups is 1. The average Bonchev–Trinajstić information content (AvgIpc) is 2.30. The minimum absolute atomic E-state index is 0.578. The minimum Gasteiger partial charge on any atom is -0.354 e. The zero-order valence-electron chi connectivity index (χ0n) is 8.45. The van der Waals surface area contributed by atoms with E-state index in [1.165, 1.54) is 24.3 Å². The molecular weight excluding hydrogens is 230 g/mol. The highest BCUT2D eigenvalue weighted by molar-refractivity contribution is 7.99. The summed E-state index contributed by atoms with van der Waals surface area (Å²) >= 11 is 7.75. The molecule has 2 heterocycles. The second kappa shape index (κ2) is 5.56. The van der Waals surface area contributed by atoms with Gasteiger partial charge in [0.15, 0.2) is 0 Å². The van der Waals surface area contributed by atoms with E-state index in [4.69, 9.17) is 11.6 Å². The van der Waals surface area contributed by atoms with Gasteiger partial charge in [0.05, 0.1) is 17.4 Å². The SMILES string of the molecule is Clc1cnc(NCC2CCSCC2)nc1. The molecule has 1 N–H and O–H groups in total. The van der Waals surface area contributed by atoms with E-state index in [0.717, 1.165) is 12.5 Å². The van der Waals surface area contributed by atoms with Crippen LogP contribution in [-0.2, 0) is 0 Å². The first-order valence-electron chi connectivity index (χ1n) is 5.14. The van der Waals surface area contributed by atoms with Gasteiger partial charge in [0, 0.05) is 6.54 Å². The van der Waals surface area contributed by atoms with E-state index in [-0.39, 0.29) is 0 Å². The molecule has 0 bridgehead atoms. The van der Waals surface area contributed by atoms with Gasteiger partial charge in [0.2, 0.25) is 5.95 Å². The second-order valence-corrected chi connectivity index (χ2v) is 5.32. The molecule has 0 unspecified atom stereocenters. The molecule has 0 saturated carbocycles. The fourth-order valence-corrected chi connectivity index (χ4v) is 2.89. The number of hydrogen-bond donors (Lipinski definition) is 1. The van der Waals surface area contributed by atoms with E-state index in [1.807, 2.05) is 11.8 Å². The lowest BCUT2D eigenvalue weighted by Crippen LogP contribution is -2.19. The molecule has 1 aliphatic rings. The lowest BCUT2D eigenvalue weighted by Gasteiger charge is -2.21. The van der Waals surface area contributed by atoms with Crippen molar-refractivity contribution in [1.29, 1.82) is 0 Å². The minimum atomic E-state index is 0.578. The van der Waals surface area contributed by atoms with Crippen LogP contribution >= 0.6 is 23.4 Å². The molecule has 1 aromatic rings. The van der Waals surface area contributed by atoms with Crippen LogP contribution < -0.4 is 5.32 Å². The molecule has 0 aliphatic carbocycles. The lowest BCUT2D eigenvalue weighted by atomic mass is 10.0. The van der Waals surface area contributed by atoms with Crippen molar-refractivity contribution in [2.75, 3.05) is 23.4 Å². The Morgan fingerprint density at radius 3 is 2.67 bits per heavy atom. The number of rotatable bonds is 3. The van der Waals surface area contributed by atoms with E-state index in [2.05, 4.69) is 15.3 Å². The molecule has 5 heteroatoms. The van der Waals surface area contributed by atoms with Crippen molar-refractivity contribution in [3.63, 3.8) is 0 Å². The fraction of sp³-hybridized carbons (Fsp3) is 0.600. The molecule has 2 rings (SSSR count). The zero-order chi connectivity index (χ0) is 10.5. The third-order valence-corrected chi connectivity index (χ3v) is 3.75. The van der Waals surface area contributed by atoms with Crippen molar-refractivity contribution in [3.8, 4) is 0 Å². The second-order valence-electron chi connectivity index (χ2n) is 3.66. The molecule has 1 aliphatic heterocycles. The lowest BCUT2D eigenvalue weighted by molar-refractivity contribution is 0.515. The van der Waals surface area contributed by atoms with Gasteiger partial charge in [0.1, 0.15) is 0 Å². The maximum absolute atomic E-state index is 5.70. The monoisotopic (exact) mass is 243 g/mol. The quantitative estimate of drug-likeness (QED) is 0.886. The van der Waals surface area contributed by atoms with Crippen molar-refractivity contribution in [2.24, 2.45) is 5.92 Å². The Bertz CT molecular complexity index is 298. The molecule has 0 spiro atoms. The van der Waals surface area contributed by atoms with E-state index < -0.39 is 0 Å². The van der Waals surface area contributed by atoms with E-state index in [1.54, 1.807) is 12.4 Å². The Morgan fingerprint density at radius 1 is 1.33 bits per heavy atom. The summed E-state index contributed by atoms with van der Waals surface area (Å²) in [6.07, 6.45) is 5.83. The Kier molecular flexibility index (Phi) is 4.09. The molecule has 1 fully saturated rings. The highest BCUT2D eigenvalue weighted by atomic mass is 35.5. The van der Waals surface area contributed by atoms with Crippen LogP contribution in [0.1, 0.15) is 12.8 Å². The Hall–Kier alpha value is -0.480. The van der Waals surface area contributed by atoms with Gasteiger partial charge in [-0.05, 0) is 30.3 Å². The van der Waals surface area contributed by atoms with E-state index in [9.17, 15) is 0 Å². The standard InChI is InChI=1S/C10H14ClN3S/c11-9-6-13-10(14-7-9)12-5-8-1-3-15-4-2-8/h6-8H,1-5H2,(H,12,13,14). The van der Waals surface area contributed by atoms with Crippen LogP contribution in [0, 0.1) is 5.92 Å². The van der Waals surface area contributed by atoms with Crippen molar-refractivity contribution in [1.82, 2.24) is 9.97 Å². The molecule has 0 radical (unpaired) electrons. The number of aromatic nitrogens is 2. The summed E-state index contributed by atoms with van der Waals surface area (Å²) < 4.78 is 0. The number of anilines is 1. The van der Waals surface area contributed by atoms with E-state index >= 15 is 0 Å². The maximum Gasteiger partial charge on any atom is 0.222 e. The maximum atomic E-state index is 5.70. The highest BCUT2D eigenvalue weighted by Gasteiger charge is 2.13. The first-order valence-corrected chi connectivity index (χ1v) is 6.67. The van der Waals surface area contributed by atoms with Crippen LogP contribution in [0.4, 0.5) is 5.95 Å². The van der Waals surface area contributed by atoms with E-state index in [0.29, 0.717) is 11.0 Å². The smallest absolute Gasteiger partial charge is 0.222 e. The molecule has 82 valence electrons.